The van der Waals surface area contributed by atoms with E-state index < -0.39 is 0 Å². The topological polar surface area (TPSA) is 68.0 Å². The minimum Gasteiger partial charge on any atom is -0.463 e. The van der Waals surface area contributed by atoms with Crippen LogP contribution in [0.25, 0.3) is 11.5 Å². The minimum atomic E-state index is -0.163. The zero-order chi connectivity index (χ0) is 11.5. The van der Waals surface area contributed by atoms with Crippen molar-refractivity contribution in [3.05, 3.63) is 30.3 Å². The van der Waals surface area contributed by atoms with Gasteiger partial charge in [-0.15, -0.1) is 0 Å². The molecule has 0 aliphatic carbocycles. The van der Waals surface area contributed by atoms with Gasteiger partial charge in [-0.2, -0.15) is 0 Å². The zero-order valence-corrected chi connectivity index (χ0v) is 9.02. The predicted molar refractivity (Wildman–Crippen MR) is 58.8 cm³/mol. The third-order valence-corrected chi connectivity index (χ3v) is 1.92. The Hall–Kier alpha value is -2.17. The summed E-state index contributed by atoms with van der Waals surface area (Å²) in [7, 11) is 0. The smallest absolute Gasteiger partial charge is 0.222 e. The first kappa shape index (κ1) is 10.4. The van der Waals surface area contributed by atoms with Crippen molar-refractivity contribution in [2.75, 3.05) is 5.32 Å². The van der Waals surface area contributed by atoms with E-state index in [1.54, 1.807) is 31.4 Å². The Morgan fingerprint density at radius 3 is 2.88 bits per heavy atom. The standard InChI is InChI=1S/C11H11N3O2/c1-7-12-9(10-4-3-5-16-10)6-11(13-7)14-8(2)15/h3-6H,1-2H3,(H,12,13,14,15). The molecule has 0 aliphatic heterocycles. The second kappa shape index (κ2) is 4.14. The molecular weight excluding hydrogens is 206 g/mol. The monoisotopic (exact) mass is 217 g/mol. The molecule has 2 rings (SSSR count). The number of nitrogens with one attached hydrogen (secondary N) is 1. The van der Waals surface area contributed by atoms with Crippen molar-refractivity contribution < 1.29 is 9.21 Å². The Bertz CT molecular complexity index is 506. The first-order valence-corrected chi connectivity index (χ1v) is 4.82. The second-order valence-corrected chi connectivity index (χ2v) is 3.34. The van der Waals surface area contributed by atoms with Crippen molar-refractivity contribution in [1.82, 2.24) is 9.97 Å². The largest absolute Gasteiger partial charge is 0.463 e. The van der Waals surface area contributed by atoms with E-state index in [9.17, 15) is 4.79 Å². The number of furan rings is 1. The molecule has 5 nitrogen and oxygen atoms in total. The summed E-state index contributed by atoms with van der Waals surface area (Å²) in [5.41, 5.74) is 0.654. The number of carbonyl (C=O) groups excluding carboxylic acids is 1. The van der Waals surface area contributed by atoms with Gasteiger partial charge in [-0.1, -0.05) is 0 Å². The van der Waals surface area contributed by atoms with E-state index in [0.717, 1.165) is 0 Å². The van der Waals surface area contributed by atoms with Crippen LogP contribution in [-0.2, 0) is 4.79 Å². The summed E-state index contributed by atoms with van der Waals surface area (Å²) in [4.78, 5) is 19.3. The maximum absolute atomic E-state index is 10.9. The van der Waals surface area contributed by atoms with Gasteiger partial charge >= 0.3 is 0 Å². The first-order chi connectivity index (χ1) is 7.65. The lowest BCUT2D eigenvalue weighted by atomic mass is 10.3. The van der Waals surface area contributed by atoms with Crippen molar-refractivity contribution in [2.24, 2.45) is 0 Å². The van der Waals surface area contributed by atoms with E-state index in [1.807, 2.05) is 0 Å². The summed E-state index contributed by atoms with van der Waals surface area (Å²) in [5, 5.41) is 2.62. The number of anilines is 1. The van der Waals surface area contributed by atoms with Crippen LogP contribution in [0.4, 0.5) is 5.82 Å². The maximum Gasteiger partial charge on any atom is 0.222 e. The molecule has 5 heteroatoms. The Morgan fingerprint density at radius 1 is 1.44 bits per heavy atom. The molecule has 0 saturated heterocycles. The summed E-state index contributed by atoms with van der Waals surface area (Å²) in [6.45, 7) is 3.20. The number of carbonyl (C=O) groups is 1. The average molecular weight is 217 g/mol. The van der Waals surface area contributed by atoms with Gasteiger partial charge in [0.25, 0.3) is 0 Å². The number of rotatable bonds is 2. The molecule has 0 aromatic carbocycles. The fourth-order valence-electron chi connectivity index (χ4n) is 1.36. The van der Waals surface area contributed by atoms with Crippen LogP contribution in [0.5, 0.6) is 0 Å². The van der Waals surface area contributed by atoms with Crippen molar-refractivity contribution in [3.8, 4) is 11.5 Å². The number of aromatic nitrogens is 2. The summed E-state index contributed by atoms with van der Waals surface area (Å²) >= 11 is 0. The number of aryl methyl sites for hydroxylation is 1. The highest BCUT2D eigenvalue weighted by Crippen LogP contribution is 2.19. The molecule has 2 aromatic heterocycles. The summed E-state index contributed by atoms with van der Waals surface area (Å²) in [6.07, 6.45) is 1.57. The van der Waals surface area contributed by atoms with Gasteiger partial charge in [-0.05, 0) is 19.1 Å². The van der Waals surface area contributed by atoms with E-state index in [1.165, 1.54) is 6.92 Å². The lowest BCUT2D eigenvalue weighted by molar-refractivity contribution is -0.114. The summed E-state index contributed by atoms with van der Waals surface area (Å²) < 4.78 is 5.23. The number of amides is 1. The van der Waals surface area contributed by atoms with Gasteiger partial charge in [0.1, 0.15) is 17.3 Å². The van der Waals surface area contributed by atoms with E-state index in [4.69, 9.17) is 4.42 Å². The third kappa shape index (κ3) is 2.25. The molecule has 0 atom stereocenters. The molecule has 82 valence electrons. The molecule has 0 fully saturated rings. The fraction of sp³-hybridized carbons (Fsp3) is 0.182. The van der Waals surface area contributed by atoms with Crippen LogP contribution in [0.1, 0.15) is 12.7 Å². The molecule has 0 unspecified atom stereocenters. The Morgan fingerprint density at radius 2 is 2.25 bits per heavy atom. The SMILES string of the molecule is CC(=O)Nc1cc(-c2ccco2)nc(C)n1. The molecule has 2 heterocycles. The molecule has 0 saturated carbocycles. The van der Waals surface area contributed by atoms with Gasteiger partial charge in [0.2, 0.25) is 5.91 Å². The highest BCUT2D eigenvalue weighted by atomic mass is 16.3. The van der Waals surface area contributed by atoms with Gasteiger partial charge in [0.05, 0.1) is 6.26 Å². The molecule has 0 aliphatic rings. The van der Waals surface area contributed by atoms with Gasteiger partial charge in [0.15, 0.2) is 5.76 Å². The second-order valence-electron chi connectivity index (χ2n) is 3.34. The van der Waals surface area contributed by atoms with Crippen LogP contribution in [0.15, 0.2) is 28.9 Å². The molecule has 0 spiro atoms. The summed E-state index contributed by atoms with van der Waals surface area (Å²) in [6, 6.07) is 5.26. The molecular formula is C11H11N3O2. The highest BCUT2D eigenvalue weighted by Gasteiger charge is 2.07. The van der Waals surface area contributed by atoms with Crippen LogP contribution in [0.3, 0.4) is 0 Å². The van der Waals surface area contributed by atoms with Gasteiger partial charge < -0.3 is 9.73 Å². The van der Waals surface area contributed by atoms with Crippen LogP contribution >= 0.6 is 0 Å². The average Bonchev–Trinajstić information content (AvgIpc) is 2.67. The van der Waals surface area contributed by atoms with E-state index in [0.29, 0.717) is 23.1 Å². The van der Waals surface area contributed by atoms with Gasteiger partial charge in [0, 0.05) is 13.0 Å². The number of nitrogens with zero attached hydrogens (tertiary/aromatic N) is 2. The minimum absolute atomic E-state index is 0.163. The quantitative estimate of drug-likeness (QED) is 0.835. The molecule has 0 bridgehead atoms. The lowest BCUT2D eigenvalue weighted by Crippen LogP contribution is -2.08. The Kier molecular flexibility index (Phi) is 2.68. The molecule has 2 aromatic rings. The van der Waals surface area contributed by atoms with Crippen molar-refractivity contribution in [1.29, 1.82) is 0 Å². The third-order valence-electron chi connectivity index (χ3n) is 1.92. The molecule has 1 amide bonds. The Balaban J connectivity index is 2.40. The van der Waals surface area contributed by atoms with Crippen molar-refractivity contribution >= 4 is 11.7 Å². The van der Waals surface area contributed by atoms with Crippen LogP contribution in [-0.4, -0.2) is 15.9 Å². The van der Waals surface area contributed by atoms with Crippen molar-refractivity contribution in [3.63, 3.8) is 0 Å². The van der Waals surface area contributed by atoms with E-state index >= 15 is 0 Å². The lowest BCUT2D eigenvalue weighted by Gasteiger charge is -2.04. The van der Waals surface area contributed by atoms with Crippen LogP contribution in [0.2, 0.25) is 0 Å². The highest BCUT2D eigenvalue weighted by molar-refractivity contribution is 5.88. The van der Waals surface area contributed by atoms with E-state index in [2.05, 4.69) is 15.3 Å². The fourth-order valence-corrected chi connectivity index (χ4v) is 1.36. The van der Waals surface area contributed by atoms with Crippen molar-refractivity contribution in [2.45, 2.75) is 13.8 Å². The first-order valence-electron chi connectivity index (χ1n) is 4.82. The Labute approximate surface area is 92.5 Å². The van der Waals surface area contributed by atoms with Gasteiger partial charge in [-0.3, -0.25) is 4.79 Å². The molecule has 1 N–H and O–H groups in total. The zero-order valence-electron chi connectivity index (χ0n) is 9.02. The molecule has 16 heavy (non-hydrogen) atoms. The normalized spacial score (nSPS) is 10.1. The van der Waals surface area contributed by atoms with Gasteiger partial charge in [-0.25, -0.2) is 9.97 Å². The van der Waals surface area contributed by atoms with E-state index in [-0.39, 0.29) is 5.91 Å². The van der Waals surface area contributed by atoms with Crippen LogP contribution in [0, 0.1) is 6.92 Å². The maximum atomic E-state index is 10.9. The molecule has 0 radical (unpaired) electrons. The summed E-state index contributed by atoms with van der Waals surface area (Å²) in [5.74, 6) is 1.55. The van der Waals surface area contributed by atoms with Crippen LogP contribution < -0.4 is 5.32 Å². The number of hydrogen-bond acceptors (Lipinski definition) is 4. The number of hydrogen-bond donors (Lipinski definition) is 1. The predicted octanol–water partition coefficient (Wildman–Crippen LogP) is 2.00.